The van der Waals surface area contributed by atoms with Crippen molar-refractivity contribution in [1.82, 2.24) is 4.98 Å². The van der Waals surface area contributed by atoms with E-state index in [0.29, 0.717) is 35.6 Å². The lowest BCUT2D eigenvalue weighted by Crippen LogP contribution is -2.22. The predicted molar refractivity (Wildman–Crippen MR) is 149 cm³/mol. The Balaban J connectivity index is 1.62. The molecule has 0 saturated carbocycles. The van der Waals surface area contributed by atoms with Crippen molar-refractivity contribution in [3.05, 3.63) is 88.1 Å². The zero-order valence-electron chi connectivity index (χ0n) is 21.9. The van der Waals surface area contributed by atoms with Crippen LogP contribution in [-0.2, 0) is 16.1 Å². The molecule has 0 saturated heterocycles. The van der Waals surface area contributed by atoms with Gasteiger partial charge in [0.05, 0.1) is 17.8 Å². The van der Waals surface area contributed by atoms with E-state index >= 15 is 0 Å². The highest BCUT2D eigenvalue weighted by molar-refractivity contribution is 6.76. The van der Waals surface area contributed by atoms with E-state index in [-0.39, 0.29) is 5.97 Å². The molecule has 3 aromatic rings. The van der Waals surface area contributed by atoms with Crippen molar-refractivity contribution >= 4 is 31.2 Å². The fraction of sp³-hybridized carbons (Fsp3) is 0.310. The summed E-state index contributed by atoms with van der Waals surface area (Å²) in [7, 11) is -1.25. The molecule has 0 atom stereocenters. The molecule has 7 heteroatoms. The van der Waals surface area contributed by atoms with Crippen LogP contribution in [-0.4, -0.2) is 25.6 Å². The molecule has 0 aliphatic rings. The number of nitrogens with zero attached hydrogens (tertiary/aromatic N) is 1. The number of hydrogen-bond donors (Lipinski definition) is 0. The Morgan fingerprint density at radius 3 is 2.39 bits per heavy atom. The van der Waals surface area contributed by atoms with Gasteiger partial charge in [0.25, 0.3) is 0 Å². The van der Waals surface area contributed by atoms with Gasteiger partial charge in [-0.25, -0.2) is 9.78 Å². The van der Waals surface area contributed by atoms with Crippen LogP contribution in [0, 0.1) is 13.8 Å². The lowest BCUT2D eigenvalue weighted by atomic mass is 10.0. The quantitative estimate of drug-likeness (QED) is 0.153. The molecule has 0 N–H and O–H groups in total. The van der Waals surface area contributed by atoms with E-state index in [0.717, 1.165) is 28.3 Å². The van der Waals surface area contributed by atoms with E-state index in [2.05, 4.69) is 43.7 Å². The summed E-state index contributed by atoms with van der Waals surface area (Å²) >= 11 is 6.54. The summed E-state index contributed by atoms with van der Waals surface area (Å²) in [5.41, 5.74) is 4.74. The first-order valence-corrected chi connectivity index (χ1v) is 16.1. The smallest absolute Gasteiger partial charge is 0.331 e. The maximum atomic E-state index is 12.2. The second-order valence-electron chi connectivity index (χ2n) is 10.1. The van der Waals surface area contributed by atoms with Crippen LogP contribution in [0.25, 0.3) is 5.57 Å². The van der Waals surface area contributed by atoms with E-state index < -0.39 is 8.07 Å². The fourth-order valence-electron chi connectivity index (χ4n) is 3.32. The van der Waals surface area contributed by atoms with Gasteiger partial charge in [-0.1, -0.05) is 61.1 Å². The highest BCUT2D eigenvalue weighted by Crippen LogP contribution is 2.35. The van der Waals surface area contributed by atoms with E-state index in [1.54, 1.807) is 18.3 Å². The first-order valence-electron chi connectivity index (χ1n) is 12.0. The van der Waals surface area contributed by atoms with Crippen molar-refractivity contribution in [3.63, 3.8) is 0 Å². The number of carbonyl (C=O) groups excluding carboxylic acids is 1. The molecule has 3 rings (SSSR count). The Morgan fingerprint density at radius 1 is 1.06 bits per heavy atom. The van der Waals surface area contributed by atoms with Crippen molar-refractivity contribution in [2.75, 3.05) is 6.61 Å². The van der Waals surface area contributed by atoms with E-state index in [9.17, 15) is 4.79 Å². The number of esters is 1. The zero-order chi connectivity index (χ0) is 26.3. The highest BCUT2D eigenvalue weighted by atomic mass is 35.5. The first kappa shape index (κ1) is 27.5. The number of carbonyl (C=O) groups is 1. The minimum atomic E-state index is -1.25. The van der Waals surface area contributed by atoms with Crippen LogP contribution in [0.15, 0.2) is 60.8 Å². The Morgan fingerprint density at radius 2 is 1.78 bits per heavy atom. The Labute approximate surface area is 220 Å². The summed E-state index contributed by atoms with van der Waals surface area (Å²) in [6, 6.07) is 16.4. The van der Waals surface area contributed by atoms with Gasteiger partial charge in [-0.3, -0.25) is 0 Å². The van der Waals surface area contributed by atoms with Crippen molar-refractivity contribution in [2.45, 2.75) is 53.1 Å². The number of ether oxygens (including phenoxy) is 3. The zero-order valence-corrected chi connectivity index (χ0v) is 23.6. The molecule has 0 spiro atoms. The van der Waals surface area contributed by atoms with Crippen LogP contribution in [0.4, 0.5) is 0 Å². The van der Waals surface area contributed by atoms with Crippen LogP contribution in [0.1, 0.15) is 29.2 Å². The molecule has 1 aromatic heterocycles. The summed E-state index contributed by atoms with van der Waals surface area (Å²) in [5, 5.41) is 0.436. The van der Waals surface area contributed by atoms with Crippen LogP contribution < -0.4 is 9.47 Å². The molecule has 2 aromatic carbocycles. The average Bonchev–Trinajstić information content (AvgIpc) is 2.81. The molecular weight excluding hydrogens is 490 g/mol. The molecule has 0 unspecified atom stereocenters. The predicted octanol–water partition coefficient (Wildman–Crippen LogP) is 8.01. The lowest BCUT2D eigenvalue weighted by Gasteiger charge is -2.15. The van der Waals surface area contributed by atoms with Gasteiger partial charge < -0.3 is 14.2 Å². The summed E-state index contributed by atoms with van der Waals surface area (Å²) in [5.74, 6) is 1.24. The monoisotopic (exact) mass is 523 g/mol. The molecular formula is C29H34ClNO4Si. The molecule has 0 aliphatic carbocycles. The van der Waals surface area contributed by atoms with Crippen LogP contribution >= 0.6 is 11.6 Å². The summed E-state index contributed by atoms with van der Waals surface area (Å²) in [6.45, 7) is 13.5. The standard InChI is InChI=1S/C29H34ClNO4Si/c1-20-7-9-23(10-8-20)19-34-25-11-12-27(31-18-25)35-29-22(3)15-24(17-26(29)30)21(2)16-28(32)33-13-14-36(4,5)6/h7-12,15-18H,13-14,19H2,1-6H3/b21-16+. The van der Waals surface area contributed by atoms with Gasteiger partial charge in [-0.05, 0) is 67.3 Å². The Bertz CT molecular complexity index is 1190. The second kappa shape index (κ2) is 12.2. The average molecular weight is 524 g/mol. The van der Waals surface area contributed by atoms with Gasteiger partial charge in [-0.2, -0.15) is 0 Å². The van der Waals surface area contributed by atoms with Crippen molar-refractivity contribution in [2.24, 2.45) is 0 Å². The lowest BCUT2D eigenvalue weighted by molar-refractivity contribution is -0.137. The van der Waals surface area contributed by atoms with Gasteiger partial charge in [0.15, 0.2) is 5.75 Å². The third-order valence-electron chi connectivity index (χ3n) is 5.56. The molecule has 36 heavy (non-hydrogen) atoms. The van der Waals surface area contributed by atoms with Gasteiger partial charge in [0.1, 0.15) is 12.4 Å². The molecule has 0 aliphatic heterocycles. The van der Waals surface area contributed by atoms with Gasteiger partial charge >= 0.3 is 5.97 Å². The maximum absolute atomic E-state index is 12.2. The minimum absolute atomic E-state index is 0.339. The number of aromatic nitrogens is 1. The summed E-state index contributed by atoms with van der Waals surface area (Å²) in [4.78, 5) is 16.5. The van der Waals surface area contributed by atoms with Gasteiger partial charge in [0.2, 0.25) is 5.88 Å². The largest absolute Gasteiger partial charge is 0.487 e. The maximum Gasteiger partial charge on any atom is 0.331 e. The van der Waals surface area contributed by atoms with Crippen LogP contribution in [0.5, 0.6) is 17.4 Å². The third-order valence-corrected chi connectivity index (χ3v) is 7.54. The molecule has 1 heterocycles. The number of halogens is 1. The van der Waals surface area contributed by atoms with Crippen LogP contribution in [0.3, 0.4) is 0 Å². The van der Waals surface area contributed by atoms with Crippen LogP contribution in [0.2, 0.25) is 30.7 Å². The number of pyridine rings is 1. The Hall–Kier alpha value is -3.09. The van der Waals surface area contributed by atoms with E-state index in [1.165, 1.54) is 11.6 Å². The van der Waals surface area contributed by atoms with E-state index in [4.69, 9.17) is 25.8 Å². The number of aryl methyl sites for hydroxylation is 2. The fourth-order valence-corrected chi connectivity index (χ4v) is 4.34. The number of allylic oxidation sites excluding steroid dienone is 1. The summed E-state index contributed by atoms with van der Waals surface area (Å²) in [6.07, 6.45) is 3.13. The molecule has 0 amide bonds. The third kappa shape index (κ3) is 8.54. The normalized spacial score (nSPS) is 11.8. The highest BCUT2D eigenvalue weighted by Gasteiger charge is 2.15. The second-order valence-corrected chi connectivity index (χ2v) is 16.1. The molecule has 0 bridgehead atoms. The topological polar surface area (TPSA) is 57.7 Å². The molecule has 0 fully saturated rings. The SMILES string of the molecule is C/C(=C\C(=O)OCC[Si](C)(C)C)c1cc(C)c(Oc2ccc(OCc3ccc(C)cc3)cn2)c(Cl)c1. The number of benzene rings is 2. The summed E-state index contributed by atoms with van der Waals surface area (Å²) < 4.78 is 17.2. The first-order chi connectivity index (χ1) is 17.0. The van der Waals surface area contributed by atoms with Crippen molar-refractivity contribution < 1.29 is 19.0 Å². The number of rotatable bonds is 10. The van der Waals surface area contributed by atoms with Crippen molar-refractivity contribution in [1.29, 1.82) is 0 Å². The van der Waals surface area contributed by atoms with Gasteiger partial charge in [-0.15, -0.1) is 0 Å². The molecule has 190 valence electrons. The van der Waals surface area contributed by atoms with Crippen molar-refractivity contribution in [3.8, 4) is 17.4 Å². The van der Waals surface area contributed by atoms with E-state index in [1.807, 2.05) is 38.1 Å². The molecule has 0 radical (unpaired) electrons. The minimum Gasteiger partial charge on any atom is -0.487 e. The van der Waals surface area contributed by atoms with Gasteiger partial charge in [0, 0.05) is 20.2 Å². The Kier molecular flexibility index (Phi) is 9.35. The number of hydrogen-bond acceptors (Lipinski definition) is 5. The molecule has 5 nitrogen and oxygen atoms in total.